The van der Waals surface area contributed by atoms with Crippen LogP contribution in [0.15, 0.2) is 169 Å². The van der Waals surface area contributed by atoms with Gasteiger partial charge in [0.05, 0.1) is 21.3 Å². The maximum Gasteiger partial charge on any atom is 0.152 e. The van der Waals surface area contributed by atoms with Crippen molar-refractivity contribution in [3.8, 4) is 0 Å². The molecule has 2 aliphatic carbocycles. The van der Waals surface area contributed by atoms with Crippen LogP contribution >= 0.6 is 69.6 Å². The van der Waals surface area contributed by atoms with E-state index in [9.17, 15) is 8.42 Å². The molecule has 0 saturated heterocycles. The number of benzene rings is 4. The van der Waals surface area contributed by atoms with Crippen LogP contribution < -0.4 is 0 Å². The minimum absolute atomic E-state index is 0.145. The summed E-state index contributed by atoms with van der Waals surface area (Å²) in [6.45, 7) is 0. The largest absolute Gasteiger partial charge is 0.229 e. The molecule has 4 unspecified atom stereocenters. The predicted octanol–water partition coefficient (Wildman–Crippen LogP) is 14.0. The molecule has 0 saturated carbocycles. The SMILES string of the molecule is O=S(=O)(CC1C=CC(Cl)(/C=C/c2ccccc2Cl)C=C1/C=C/c1ccccc1Cl)CC1C=CC(Cl)(/C=C/c2ccccc2Cl)C=C1/C=C/c1ccccc1Cl. The van der Waals surface area contributed by atoms with Crippen LogP contribution in [0.25, 0.3) is 24.3 Å². The summed E-state index contributed by atoms with van der Waals surface area (Å²) < 4.78 is 28.4. The first-order valence-corrected chi connectivity index (χ1v) is 21.5. The lowest BCUT2D eigenvalue weighted by Crippen LogP contribution is -2.28. The first-order valence-electron chi connectivity index (χ1n) is 17.5. The molecule has 9 heteroatoms. The molecule has 4 aromatic rings. The molecule has 6 rings (SSSR count). The third-order valence-electron chi connectivity index (χ3n) is 9.24. The molecule has 280 valence electrons. The number of allylic oxidation sites excluding steroid dienone is 12. The Morgan fingerprint density at radius 3 is 1.11 bits per heavy atom. The molecule has 55 heavy (non-hydrogen) atoms. The minimum atomic E-state index is -3.69. The molecular formula is C46H36Cl6O2S. The molecule has 4 atom stereocenters. The third kappa shape index (κ3) is 11.3. The average molecular weight is 866 g/mol. The molecule has 0 aliphatic heterocycles. The van der Waals surface area contributed by atoms with E-state index in [1.807, 2.05) is 182 Å². The summed E-state index contributed by atoms with van der Waals surface area (Å²) in [4.78, 5) is -2.04. The van der Waals surface area contributed by atoms with Gasteiger partial charge >= 0.3 is 0 Å². The highest BCUT2D eigenvalue weighted by atomic mass is 35.5. The molecule has 0 fully saturated rings. The Hall–Kier alpha value is -3.51. The van der Waals surface area contributed by atoms with Crippen LogP contribution in [-0.2, 0) is 9.84 Å². The van der Waals surface area contributed by atoms with E-state index in [0.717, 1.165) is 33.4 Å². The fourth-order valence-corrected chi connectivity index (χ4v) is 9.44. The van der Waals surface area contributed by atoms with Gasteiger partial charge in [-0.25, -0.2) is 8.42 Å². The third-order valence-corrected chi connectivity index (χ3v) is 13.1. The highest BCUT2D eigenvalue weighted by molar-refractivity contribution is 7.91. The lowest BCUT2D eigenvalue weighted by atomic mass is 9.87. The summed E-state index contributed by atoms with van der Waals surface area (Å²) in [5, 5.41) is 2.35. The Morgan fingerprint density at radius 2 is 0.782 bits per heavy atom. The highest BCUT2D eigenvalue weighted by Gasteiger charge is 2.32. The molecule has 2 nitrogen and oxygen atoms in total. The van der Waals surface area contributed by atoms with E-state index in [-0.39, 0.29) is 11.5 Å². The second kappa shape index (κ2) is 18.2. The van der Waals surface area contributed by atoms with E-state index in [4.69, 9.17) is 69.6 Å². The molecule has 0 aromatic heterocycles. The lowest BCUT2D eigenvalue weighted by Gasteiger charge is -2.28. The molecule has 0 spiro atoms. The van der Waals surface area contributed by atoms with Crippen LogP contribution in [0.1, 0.15) is 22.3 Å². The standard InChI is InChI=1S/C46H36Cl6O2S/c47-41-13-5-1-9-33(41)17-19-37-29-45(51,25-21-35-11-3-7-15-43(35)49)27-23-39(37)31-55(53,54)32-40-24-28-46(52,26-22-36-12-4-8-16-44(36)50)30-38(40)20-18-34-10-2-6-14-42(34)48/h1-30,39-40H,31-32H2/b19-17+,20-18+,25-21+,26-22+. The summed E-state index contributed by atoms with van der Waals surface area (Å²) in [6.07, 6.45) is 26.1. The molecule has 2 aliphatic rings. The Kier molecular flexibility index (Phi) is 13.6. The van der Waals surface area contributed by atoms with Gasteiger partial charge in [-0.1, -0.05) is 204 Å². The number of halogens is 6. The van der Waals surface area contributed by atoms with E-state index >= 15 is 0 Å². The lowest BCUT2D eigenvalue weighted by molar-refractivity contribution is 0.583. The fraction of sp³-hybridized carbons (Fsp3) is 0.130. The van der Waals surface area contributed by atoms with Gasteiger partial charge in [-0.2, -0.15) is 0 Å². The van der Waals surface area contributed by atoms with Gasteiger partial charge in [0, 0.05) is 31.9 Å². The number of hydrogen-bond acceptors (Lipinski definition) is 2. The van der Waals surface area contributed by atoms with Crippen molar-refractivity contribution in [3.05, 3.63) is 211 Å². The summed E-state index contributed by atoms with van der Waals surface area (Å²) >= 11 is 40.0. The van der Waals surface area contributed by atoms with Gasteiger partial charge in [-0.05, 0) is 57.7 Å². The first-order chi connectivity index (χ1) is 26.3. The molecule has 0 heterocycles. The summed E-state index contributed by atoms with van der Waals surface area (Å²) in [6, 6.07) is 29.9. The Bertz CT molecular complexity index is 2240. The van der Waals surface area contributed by atoms with Crippen molar-refractivity contribution in [2.45, 2.75) is 9.75 Å². The van der Waals surface area contributed by atoms with Gasteiger partial charge in [-0.3, -0.25) is 0 Å². The fourth-order valence-electron chi connectivity index (χ4n) is 6.29. The number of sulfone groups is 1. The quantitative estimate of drug-likeness (QED) is 0.105. The highest BCUT2D eigenvalue weighted by Crippen LogP contribution is 2.37. The molecule has 0 amide bonds. The molecule has 0 bridgehead atoms. The molecular weight excluding hydrogens is 829 g/mol. The van der Waals surface area contributed by atoms with E-state index in [1.165, 1.54) is 0 Å². The smallest absolute Gasteiger partial charge is 0.152 e. The van der Waals surface area contributed by atoms with Gasteiger partial charge < -0.3 is 0 Å². The average Bonchev–Trinajstić information content (AvgIpc) is 3.15. The van der Waals surface area contributed by atoms with Gasteiger partial charge in [0.15, 0.2) is 9.84 Å². The predicted molar refractivity (Wildman–Crippen MR) is 239 cm³/mol. The van der Waals surface area contributed by atoms with Crippen LogP contribution in [0.3, 0.4) is 0 Å². The first kappa shape index (κ1) is 41.1. The van der Waals surface area contributed by atoms with Crippen LogP contribution in [0.2, 0.25) is 20.1 Å². The molecule has 0 N–H and O–H groups in total. The van der Waals surface area contributed by atoms with Gasteiger partial charge in [0.1, 0.15) is 0 Å². The minimum Gasteiger partial charge on any atom is -0.229 e. The van der Waals surface area contributed by atoms with E-state index in [1.54, 1.807) is 0 Å². The zero-order valence-corrected chi connectivity index (χ0v) is 34.7. The molecule has 4 aromatic carbocycles. The van der Waals surface area contributed by atoms with Gasteiger partial charge in [-0.15, -0.1) is 23.2 Å². The summed E-state index contributed by atoms with van der Waals surface area (Å²) in [5.74, 6) is -1.25. The number of rotatable bonds is 12. The zero-order valence-electron chi connectivity index (χ0n) is 29.4. The normalized spacial score (nSPS) is 22.9. The van der Waals surface area contributed by atoms with Crippen LogP contribution in [0, 0.1) is 11.8 Å². The topological polar surface area (TPSA) is 34.1 Å². The number of alkyl halides is 2. The van der Waals surface area contributed by atoms with Crippen molar-refractivity contribution in [1.82, 2.24) is 0 Å². The van der Waals surface area contributed by atoms with Gasteiger partial charge in [0.2, 0.25) is 0 Å². The van der Waals surface area contributed by atoms with Crippen molar-refractivity contribution in [3.63, 3.8) is 0 Å². The number of hydrogen-bond donors (Lipinski definition) is 0. The van der Waals surface area contributed by atoms with E-state index < -0.39 is 31.4 Å². The summed E-state index contributed by atoms with van der Waals surface area (Å²) in [5.41, 5.74) is 4.71. The summed E-state index contributed by atoms with van der Waals surface area (Å²) in [7, 11) is -3.69. The van der Waals surface area contributed by atoms with E-state index in [0.29, 0.717) is 20.1 Å². The maximum atomic E-state index is 14.2. The Morgan fingerprint density at radius 1 is 0.473 bits per heavy atom. The second-order valence-electron chi connectivity index (χ2n) is 13.4. The Balaban J connectivity index is 1.29. The van der Waals surface area contributed by atoms with Gasteiger partial charge in [0.25, 0.3) is 0 Å². The Labute approximate surface area is 354 Å². The van der Waals surface area contributed by atoms with Crippen molar-refractivity contribution in [2.75, 3.05) is 11.5 Å². The van der Waals surface area contributed by atoms with Crippen molar-refractivity contribution in [1.29, 1.82) is 0 Å². The van der Waals surface area contributed by atoms with E-state index in [2.05, 4.69) is 0 Å². The molecule has 0 radical (unpaired) electrons. The maximum absolute atomic E-state index is 14.2. The van der Waals surface area contributed by atoms with Crippen molar-refractivity contribution in [2.24, 2.45) is 11.8 Å². The van der Waals surface area contributed by atoms with Crippen LogP contribution in [0.4, 0.5) is 0 Å². The van der Waals surface area contributed by atoms with Crippen molar-refractivity contribution >= 4 is 104 Å². The van der Waals surface area contributed by atoms with Crippen LogP contribution in [-0.4, -0.2) is 29.7 Å². The van der Waals surface area contributed by atoms with Crippen molar-refractivity contribution < 1.29 is 8.42 Å². The monoisotopic (exact) mass is 862 g/mol. The van der Waals surface area contributed by atoms with Crippen LogP contribution in [0.5, 0.6) is 0 Å². The zero-order chi connectivity index (χ0) is 39.1. The second-order valence-corrected chi connectivity index (χ2v) is 18.5.